The monoisotopic (exact) mass is 440 g/mol. The third-order valence-electron chi connectivity index (χ3n) is 3.51. The third-order valence-corrected chi connectivity index (χ3v) is 4.52. The van der Waals surface area contributed by atoms with Crippen molar-refractivity contribution in [2.24, 2.45) is 0 Å². The first-order chi connectivity index (χ1) is 13.0. The summed E-state index contributed by atoms with van der Waals surface area (Å²) in [5.74, 6) is -0.207. The van der Waals surface area contributed by atoms with Crippen LogP contribution in [0.15, 0.2) is 12.1 Å². The first kappa shape index (κ1) is 24.3. The molecule has 0 heterocycles. The zero-order valence-corrected chi connectivity index (χ0v) is 18.0. The van der Waals surface area contributed by atoms with E-state index in [4.69, 9.17) is 53.8 Å². The van der Waals surface area contributed by atoms with Crippen molar-refractivity contribution in [1.29, 1.82) is 0 Å². The van der Waals surface area contributed by atoms with Crippen LogP contribution < -0.4 is 4.74 Å². The highest BCUT2D eigenvalue weighted by Gasteiger charge is 2.18. The van der Waals surface area contributed by atoms with Gasteiger partial charge in [-0.25, -0.2) is 4.79 Å². The number of rotatable bonds is 14. The molecule has 0 aromatic heterocycles. The number of esters is 1. The van der Waals surface area contributed by atoms with Gasteiger partial charge >= 0.3 is 5.97 Å². The van der Waals surface area contributed by atoms with E-state index in [0.717, 1.165) is 25.9 Å². The van der Waals surface area contributed by atoms with Gasteiger partial charge in [-0.1, -0.05) is 48.1 Å². The molecule has 27 heavy (non-hydrogen) atoms. The van der Waals surface area contributed by atoms with Crippen molar-refractivity contribution in [3.8, 4) is 5.75 Å². The smallest absolute Gasteiger partial charge is 0.347 e. The SMILES string of the molecule is CCCCOCCCOCCCOC(=O)C(C)Oc1cc(Cl)c(Cl)cc1Cl. The molecule has 0 bridgehead atoms. The van der Waals surface area contributed by atoms with Gasteiger partial charge in [0.05, 0.1) is 21.7 Å². The summed E-state index contributed by atoms with van der Waals surface area (Å²) >= 11 is 17.8. The molecule has 0 saturated carbocycles. The fraction of sp³-hybridized carbons (Fsp3) is 0.632. The van der Waals surface area contributed by atoms with E-state index >= 15 is 0 Å². The van der Waals surface area contributed by atoms with Crippen molar-refractivity contribution in [1.82, 2.24) is 0 Å². The zero-order valence-electron chi connectivity index (χ0n) is 15.8. The lowest BCUT2D eigenvalue weighted by molar-refractivity contribution is -0.151. The number of hydrogen-bond donors (Lipinski definition) is 0. The average Bonchev–Trinajstić information content (AvgIpc) is 2.63. The molecule has 1 atom stereocenters. The van der Waals surface area contributed by atoms with E-state index in [-0.39, 0.29) is 17.4 Å². The van der Waals surface area contributed by atoms with Gasteiger partial charge in [-0.05, 0) is 25.8 Å². The van der Waals surface area contributed by atoms with Gasteiger partial charge in [0.25, 0.3) is 0 Å². The number of ether oxygens (including phenoxy) is 4. The first-order valence-electron chi connectivity index (χ1n) is 9.09. The number of carbonyl (C=O) groups is 1. The van der Waals surface area contributed by atoms with Crippen LogP contribution in [0.3, 0.4) is 0 Å². The van der Waals surface area contributed by atoms with E-state index in [0.29, 0.717) is 36.3 Å². The molecule has 0 spiro atoms. The predicted molar refractivity (Wildman–Crippen MR) is 108 cm³/mol. The van der Waals surface area contributed by atoms with Gasteiger partial charge in [-0.3, -0.25) is 0 Å². The Hall–Kier alpha value is -0.720. The summed E-state index contributed by atoms with van der Waals surface area (Å²) in [4.78, 5) is 12.0. The maximum Gasteiger partial charge on any atom is 0.347 e. The lowest BCUT2D eigenvalue weighted by Crippen LogP contribution is -2.26. The predicted octanol–water partition coefficient (Wildman–Crippen LogP) is 5.57. The van der Waals surface area contributed by atoms with Gasteiger partial charge in [0.1, 0.15) is 5.75 Å². The van der Waals surface area contributed by atoms with Crippen molar-refractivity contribution < 1.29 is 23.7 Å². The summed E-state index contributed by atoms with van der Waals surface area (Å²) < 4.78 is 21.6. The van der Waals surface area contributed by atoms with E-state index in [2.05, 4.69) is 6.92 Å². The molecule has 0 aliphatic carbocycles. The normalized spacial score (nSPS) is 12.0. The lowest BCUT2D eigenvalue weighted by Gasteiger charge is -2.15. The number of carbonyl (C=O) groups excluding carboxylic acids is 1. The fourth-order valence-electron chi connectivity index (χ4n) is 2.00. The second kappa shape index (κ2) is 14.3. The van der Waals surface area contributed by atoms with Crippen LogP contribution in [-0.4, -0.2) is 45.1 Å². The summed E-state index contributed by atoms with van der Waals surface area (Å²) in [6, 6.07) is 2.93. The maximum atomic E-state index is 12.0. The molecular weight excluding hydrogens is 415 g/mol. The molecule has 1 aromatic rings. The van der Waals surface area contributed by atoms with Gasteiger partial charge in [-0.2, -0.15) is 0 Å². The lowest BCUT2D eigenvalue weighted by atomic mass is 10.3. The van der Waals surface area contributed by atoms with Crippen LogP contribution in [0.25, 0.3) is 0 Å². The molecule has 8 heteroatoms. The molecule has 5 nitrogen and oxygen atoms in total. The topological polar surface area (TPSA) is 54.0 Å². The Labute approximate surface area is 176 Å². The third kappa shape index (κ3) is 10.4. The second-order valence-electron chi connectivity index (χ2n) is 5.91. The molecule has 1 rings (SSSR count). The van der Waals surface area contributed by atoms with Crippen LogP contribution in [0.2, 0.25) is 15.1 Å². The van der Waals surface area contributed by atoms with Gasteiger partial charge < -0.3 is 18.9 Å². The van der Waals surface area contributed by atoms with Gasteiger partial charge in [0.15, 0.2) is 6.10 Å². The minimum atomic E-state index is -0.819. The number of unbranched alkanes of at least 4 members (excludes halogenated alkanes) is 1. The molecule has 154 valence electrons. The van der Waals surface area contributed by atoms with Crippen LogP contribution in [0.1, 0.15) is 39.5 Å². The molecule has 0 fully saturated rings. The van der Waals surface area contributed by atoms with Crippen LogP contribution in [-0.2, 0) is 19.0 Å². The summed E-state index contributed by atoms with van der Waals surface area (Å²) in [6.07, 6.45) is 2.88. The van der Waals surface area contributed by atoms with E-state index in [1.165, 1.54) is 12.1 Å². The Kier molecular flexibility index (Phi) is 12.9. The standard InChI is InChI=1S/C19H27Cl3O5/c1-3-4-7-24-8-5-9-25-10-6-11-26-19(23)14(2)27-18-13-16(21)15(20)12-17(18)22/h12-14H,3-11H2,1-2H3. The molecular formula is C19H27Cl3O5. The highest BCUT2D eigenvalue weighted by atomic mass is 35.5. The molecule has 0 aliphatic rings. The van der Waals surface area contributed by atoms with Crippen molar-refractivity contribution in [2.45, 2.75) is 45.6 Å². The summed E-state index contributed by atoms with van der Waals surface area (Å²) in [7, 11) is 0. The molecule has 0 saturated heterocycles. The molecule has 0 amide bonds. The number of hydrogen-bond acceptors (Lipinski definition) is 5. The second-order valence-corrected chi connectivity index (χ2v) is 7.13. The van der Waals surface area contributed by atoms with Crippen LogP contribution >= 0.6 is 34.8 Å². The molecule has 1 aromatic carbocycles. The Morgan fingerprint density at radius 2 is 1.44 bits per heavy atom. The van der Waals surface area contributed by atoms with Crippen LogP contribution in [0.5, 0.6) is 5.75 Å². The Balaban J connectivity index is 2.12. The zero-order chi connectivity index (χ0) is 20.1. The minimum absolute atomic E-state index is 0.259. The summed E-state index contributed by atoms with van der Waals surface area (Å²) in [6.45, 7) is 6.65. The average molecular weight is 442 g/mol. The first-order valence-corrected chi connectivity index (χ1v) is 10.2. The number of halogens is 3. The molecule has 0 radical (unpaired) electrons. The molecule has 0 N–H and O–H groups in total. The van der Waals surface area contributed by atoms with Gasteiger partial charge in [0.2, 0.25) is 0 Å². The highest BCUT2D eigenvalue weighted by Crippen LogP contribution is 2.34. The summed E-state index contributed by atoms with van der Waals surface area (Å²) in [5, 5.41) is 0.887. The Morgan fingerprint density at radius 3 is 2.07 bits per heavy atom. The Bertz CT molecular complexity index is 569. The largest absolute Gasteiger partial charge is 0.477 e. The minimum Gasteiger partial charge on any atom is -0.477 e. The maximum absolute atomic E-state index is 12.0. The molecule has 0 aliphatic heterocycles. The quantitative estimate of drug-likeness (QED) is 0.214. The van der Waals surface area contributed by atoms with Crippen molar-refractivity contribution in [3.63, 3.8) is 0 Å². The van der Waals surface area contributed by atoms with E-state index in [1.54, 1.807) is 6.92 Å². The van der Waals surface area contributed by atoms with Gasteiger partial charge in [-0.15, -0.1) is 0 Å². The van der Waals surface area contributed by atoms with E-state index in [1.807, 2.05) is 0 Å². The van der Waals surface area contributed by atoms with E-state index in [9.17, 15) is 4.79 Å². The van der Waals surface area contributed by atoms with Crippen molar-refractivity contribution >= 4 is 40.8 Å². The molecule has 1 unspecified atom stereocenters. The van der Waals surface area contributed by atoms with Crippen LogP contribution in [0.4, 0.5) is 0 Å². The highest BCUT2D eigenvalue weighted by molar-refractivity contribution is 6.43. The van der Waals surface area contributed by atoms with E-state index < -0.39 is 12.1 Å². The van der Waals surface area contributed by atoms with Gasteiger partial charge in [0, 0.05) is 38.9 Å². The summed E-state index contributed by atoms with van der Waals surface area (Å²) in [5.41, 5.74) is 0. The van der Waals surface area contributed by atoms with Crippen molar-refractivity contribution in [3.05, 3.63) is 27.2 Å². The fourth-order valence-corrected chi connectivity index (χ4v) is 2.58. The van der Waals surface area contributed by atoms with Crippen molar-refractivity contribution in [2.75, 3.05) is 33.0 Å². The number of benzene rings is 1. The Morgan fingerprint density at radius 1 is 0.889 bits per heavy atom. The van der Waals surface area contributed by atoms with Crippen LogP contribution in [0, 0.1) is 0 Å².